The summed E-state index contributed by atoms with van der Waals surface area (Å²) in [6.45, 7) is 9.52. The Labute approximate surface area is 110 Å². The highest BCUT2D eigenvalue weighted by atomic mass is 15.1. The van der Waals surface area contributed by atoms with Crippen molar-refractivity contribution in [2.45, 2.75) is 53.4 Å². The van der Waals surface area contributed by atoms with Crippen LogP contribution in [0.15, 0.2) is 0 Å². The molecule has 4 nitrogen and oxygen atoms in total. The zero-order chi connectivity index (χ0) is 13.5. The highest BCUT2D eigenvalue weighted by molar-refractivity contribution is 5.54. The average Bonchev–Trinajstić information content (AvgIpc) is 2.30. The minimum atomic E-state index is 0.597. The van der Waals surface area contributed by atoms with Crippen LogP contribution in [-0.2, 0) is 6.42 Å². The van der Waals surface area contributed by atoms with Crippen LogP contribution in [0.5, 0.6) is 0 Å². The molecule has 102 valence electrons. The number of hydrogen-bond donors (Lipinski definition) is 2. The first-order valence-electron chi connectivity index (χ1n) is 6.91. The van der Waals surface area contributed by atoms with Gasteiger partial charge in [-0.25, -0.2) is 9.97 Å². The summed E-state index contributed by atoms with van der Waals surface area (Å²) < 4.78 is 0. The molecule has 4 heteroatoms. The molecule has 1 rings (SSSR count). The maximum absolute atomic E-state index is 5.91. The van der Waals surface area contributed by atoms with Crippen molar-refractivity contribution in [2.75, 3.05) is 17.6 Å². The van der Waals surface area contributed by atoms with E-state index in [2.05, 4.69) is 36.1 Å². The summed E-state index contributed by atoms with van der Waals surface area (Å²) in [6, 6.07) is 0. The molecule has 3 N–H and O–H groups in total. The molecule has 0 radical (unpaired) electrons. The Morgan fingerprint density at radius 2 is 2.00 bits per heavy atom. The molecular formula is C14H26N4. The summed E-state index contributed by atoms with van der Waals surface area (Å²) in [4.78, 5) is 8.84. The van der Waals surface area contributed by atoms with Crippen molar-refractivity contribution in [2.24, 2.45) is 5.92 Å². The van der Waals surface area contributed by atoms with Crippen LogP contribution in [0.25, 0.3) is 0 Å². The van der Waals surface area contributed by atoms with Crippen LogP contribution in [0.2, 0.25) is 0 Å². The van der Waals surface area contributed by atoms with E-state index in [9.17, 15) is 0 Å². The van der Waals surface area contributed by atoms with Crippen LogP contribution < -0.4 is 11.1 Å². The van der Waals surface area contributed by atoms with Crippen LogP contribution >= 0.6 is 0 Å². The first kappa shape index (κ1) is 14.7. The van der Waals surface area contributed by atoms with Crippen LogP contribution in [0.3, 0.4) is 0 Å². The Bertz CT molecular complexity index is 374. The number of aromatic nitrogens is 2. The molecule has 0 unspecified atom stereocenters. The topological polar surface area (TPSA) is 63.8 Å². The molecule has 0 spiro atoms. The Morgan fingerprint density at radius 1 is 1.28 bits per heavy atom. The zero-order valence-electron chi connectivity index (χ0n) is 12.1. The molecule has 0 aliphatic rings. The van der Waals surface area contributed by atoms with Crippen LogP contribution in [0.1, 0.15) is 51.4 Å². The van der Waals surface area contributed by atoms with E-state index in [1.165, 1.54) is 6.42 Å². The molecule has 0 aliphatic carbocycles. The lowest BCUT2D eigenvalue weighted by Gasteiger charge is -2.12. The Morgan fingerprint density at radius 3 is 2.61 bits per heavy atom. The summed E-state index contributed by atoms with van der Waals surface area (Å²) in [6.07, 6.45) is 4.30. The molecule has 1 aromatic heterocycles. The Balaban J connectivity index is 2.63. The second kappa shape index (κ2) is 7.19. The van der Waals surface area contributed by atoms with Gasteiger partial charge in [0.1, 0.15) is 17.5 Å². The minimum Gasteiger partial charge on any atom is -0.383 e. The van der Waals surface area contributed by atoms with Gasteiger partial charge < -0.3 is 11.1 Å². The van der Waals surface area contributed by atoms with E-state index in [1.807, 2.05) is 6.92 Å². The van der Waals surface area contributed by atoms with Gasteiger partial charge >= 0.3 is 0 Å². The maximum Gasteiger partial charge on any atom is 0.134 e. The number of anilines is 2. The van der Waals surface area contributed by atoms with E-state index in [0.29, 0.717) is 5.82 Å². The van der Waals surface area contributed by atoms with Crippen LogP contribution in [0.4, 0.5) is 11.6 Å². The number of nitrogens with two attached hydrogens (primary N) is 1. The molecule has 18 heavy (non-hydrogen) atoms. The predicted octanol–water partition coefficient (Wildman–Crippen LogP) is 3.17. The summed E-state index contributed by atoms with van der Waals surface area (Å²) in [5, 5.41) is 3.38. The summed E-state index contributed by atoms with van der Waals surface area (Å²) in [5.74, 6) is 3.08. The van der Waals surface area contributed by atoms with E-state index in [-0.39, 0.29) is 0 Å². The molecule has 1 heterocycles. The van der Waals surface area contributed by atoms with Gasteiger partial charge in [0.15, 0.2) is 0 Å². The van der Waals surface area contributed by atoms with Crippen molar-refractivity contribution in [3.05, 3.63) is 11.4 Å². The van der Waals surface area contributed by atoms with Gasteiger partial charge in [0, 0.05) is 18.5 Å². The normalized spacial score (nSPS) is 10.9. The highest BCUT2D eigenvalue weighted by Gasteiger charge is 2.07. The largest absolute Gasteiger partial charge is 0.383 e. The van der Waals surface area contributed by atoms with Crippen molar-refractivity contribution in [3.63, 3.8) is 0 Å². The number of nitrogens with one attached hydrogen (secondary N) is 1. The van der Waals surface area contributed by atoms with Gasteiger partial charge in [-0.2, -0.15) is 0 Å². The first-order valence-corrected chi connectivity index (χ1v) is 6.91. The zero-order valence-corrected chi connectivity index (χ0v) is 12.1. The van der Waals surface area contributed by atoms with E-state index >= 15 is 0 Å². The number of aryl methyl sites for hydroxylation is 1. The van der Waals surface area contributed by atoms with Crippen molar-refractivity contribution in [1.29, 1.82) is 0 Å². The molecule has 0 atom stereocenters. The quantitative estimate of drug-likeness (QED) is 0.730. The highest BCUT2D eigenvalue weighted by Crippen LogP contribution is 2.18. The standard InChI is InChI=1S/C14H26N4/c1-5-7-12-17-13(15)11(4)14(18-12)16-9-6-8-10(2)3/h10H,5-9H2,1-4H3,(H3,15,16,17,18). The van der Waals surface area contributed by atoms with Gasteiger partial charge in [0.2, 0.25) is 0 Å². The number of hydrogen-bond acceptors (Lipinski definition) is 4. The smallest absolute Gasteiger partial charge is 0.134 e. The summed E-state index contributed by atoms with van der Waals surface area (Å²) in [7, 11) is 0. The van der Waals surface area contributed by atoms with Gasteiger partial charge in [-0.3, -0.25) is 0 Å². The fourth-order valence-corrected chi connectivity index (χ4v) is 1.81. The number of rotatable bonds is 7. The van der Waals surface area contributed by atoms with Crippen LogP contribution in [0, 0.1) is 12.8 Å². The Kier molecular flexibility index (Phi) is 5.89. The molecule has 0 aromatic carbocycles. The van der Waals surface area contributed by atoms with Crippen LogP contribution in [-0.4, -0.2) is 16.5 Å². The summed E-state index contributed by atoms with van der Waals surface area (Å²) >= 11 is 0. The monoisotopic (exact) mass is 250 g/mol. The lowest BCUT2D eigenvalue weighted by molar-refractivity contribution is 0.566. The third kappa shape index (κ3) is 4.51. The lowest BCUT2D eigenvalue weighted by atomic mass is 10.1. The van der Waals surface area contributed by atoms with Crippen molar-refractivity contribution in [1.82, 2.24) is 9.97 Å². The van der Waals surface area contributed by atoms with E-state index in [0.717, 1.165) is 48.9 Å². The molecule has 0 saturated heterocycles. The third-order valence-electron chi connectivity index (χ3n) is 2.95. The maximum atomic E-state index is 5.91. The van der Waals surface area contributed by atoms with Crippen molar-refractivity contribution in [3.8, 4) is 0 Å². The van der Waals surface area contributed by atoms with E-state index in [1.54, 1.807) is 0 Å². The predicted molar refractivity (Wildman–Crippen MR) is 77.7 cm³/mol. The third-order valence-corrected chi connectivity index (χ3v) is 2.95. The molecule has 0 amide bonds. The number of nitrogens with zero attached hydrogens (tertiary/aromatic N) is 2. The fourth-order valence-electron chi connectivity index (χ4n) is 1.81. The minimum absolute atomic E-state index is 0.597. The van der Waals surface area contributed by atoms with E-state index < -0.39 is 0 Å². The van der Waals surface area contributed by atoms with E-state index in [4.69, 9.17) is 5.73 Å². The molecule has 1 aromatic rings. The lowest BCUT2D eigenvalue weighted by Crippen LogP contribution is -2.11. The molecule has 0 bridgehead atoms. The fraction of sp³-hybridized carbons (Fsp3) is 0.714. The second-order valence-electron chi connectivity index (χ2n) is 5.21. The van der Waals surface area contributed by atoms with Gasteiger partial charge in [0.05, 0.1) is 0 Å². The first-order chi connectivity index (χ1) is 8.54. The van der Waals surface area contributed by atoms with Crippen molar-refractivity contribution < 1.29 is 0 Å². The van der Waals surface area contributed by atoms with Gasteiger partial charge in [-0.05, 0) is 32.1 Å². The van der Waals surface area contributed by atoms with Crippen molar-refractivity contribution >= 4 is 11.6 Å². The SMILES string of the molecule is CCCc1nc(N)c(C)c(NCCCC(C)C)n1. The summed E-state index contributed by atoms with van der Waals surface area (Å²) in [5.41, 5.74) is 6.87. The molecule has 0 fully saturated rings. The molecule has 0 saturated carbocycles. The van der Waals surface area contributed by atoms with Gasteiger partial charge in [-0.1, -0.05) is 20.8 Å². The molecular weight excluding hydrogens is 224 g/mol. The average molecular weight is 250 g/mol. The number of nitrogen functional groups attached to an aromatic ring is 1. The second-order valence-corrected chi connectivity index (χ2v) is 5.21. The Hall–Kier alpha value is -1.32. The van der Waals surface area contributed by atoms with Gasteiger partial charge in [-0.15, -0.1) is 0 Å². The van der Waals surface area contributed by atoms with Gasteiger partial charge in [0.25, 0.3) is 0 Å². The molecule has 0 aliphatic heterocycles.